The minimum Gasteiger partial charge on any atom is -0.336 e. The van der Waals surface area contributed by atoms with Crippen LogP contribution < -0.4 is 0 Å². The van der Waals surface area contributed by atoms with Gasteiger partial charge >= 0.3 is 0 Å². The smallest absolute Gasteiger partial charge is 0.271 e. The number of carbonyl (C=O) groups is 1. The third-order valence-corrected chi connectivity index (χ3v) is 6.81. The van der Waals surface area contributed by atoms with Gasteiger partial charge in [-0.2, -0.15) is 5.10 Å². The second-order valence-corrected chi connectivity index (χ2v) is 8.47. The van der Waals surface area contributed by atoms with Gasteiger partial charge in [0.2, 0.25) is 0 Å². The summed E-state index contributed by atoms with van der Waals surface area (Å²) in [4.78, 5) is 15.2. The summed E-state index contributed by atoms with van der Waals surface area (Å²) in [7, 11) is 1.98. The van der Waals surface area contributed by atoms with Crippen molar-refractivity contribution >= 4 is 5.91 Å². The minimum absolute atomic E-state index is 0.0184. The molecule has 1 spiro atoms. The highest BCUT2D eigenvalue weighted by Gasteiger charge is 2.53. The number of aromatic nitrogens is 5. The van der Waals surface area contributed by atoms with Crippen LogP contribution in [0.5, 0.6) is 0 Å². The van der Waals surface area contributed by atoms with E-state index in [4.69, 9.17) is 0 Å². The van der Waals surface area contributed by atoms with Crippen LogP contribution in [0, 0.1) is 5.41 Å². The summed E-state index contributed by atoms with van der Waals surface area (Å²) in [5, 5.41) is 15.8. The lowest BCUT2D eigenvalue weighted by molar-refractivity contribution is 0.0718. The molecule has 150 valence electrons. The molecule has 5 rings (SSSR count). The minimum atomic E-state index is 0.0184. The zero-order chi connectivity index (χ0) is 20.0. The second-order valence-electron chi connectivity index (χ2n) is 8.47. The standard InChI is InChI=1S/C22H26N6O/c1-3-15-5-7-16(8-6-15)18-11-19(25-24-18)21(29)28-12-17(20-26-23-14-27(20)2)22(13-28)9-4-10-22/h5-8,11,14,17H,3-4,9-10,12-13H2,1-2H3,(H,24,25). The molecule has 1 aliphatic heterocycles. The maximum Gasteiger partial charge on any atom is 0.271 e. The van der Waals surface area contributed by atoms with Crippen LogP contribution >= 0.6 is 0 Å². The van der Waals surface area contributed by atoms with E-state index in [9.17, 15) is 4.79 Å². The van der Waals surface area contributed by atoms with Gasteiger partial charge in [0.15, 0.2) is 0 Å². The van der Waals surface area contributed by atoms with Crippen molar-refractivity contribution in [3.63, 3.8) is 0 Å². The number of benzene rings is 1. The summed E-state index contributed by atoms with van der Waals surface area (Å²) in [6, 6.07) is 10.2. The SMILES string of the molecule is CCc1ccc(-c2cc(C(=O)N3CC(c4nncn4C)C4(CCC4)C3)[nH]n2)cc1. The molecule has 0 bridgehead atoms. The molecule has 1 N–H and O–H groups in total. The second kappa shape index (κ2) is 6.83. The van der Waals surface area contributed by atoms with Gasteiger partial charge in [-0.3, -0.25) is 9.89 Å². The number of carbonyl (C=O) groups excluding carboxylic acids is 1. The first-order valence-corrected chi connectivity index (χ1v) is 10.4. The monoisotopic (exact) mass is 390 g/mol. The fraction of sp³-hybridized carbons (Fsp3) is 0.455. The molecule has 1 atom stereocenters. The number of hydrogen-bond acceptors (Lipinski definition) is 4. The van der Waals surface area contributed by atoms with Gasteiger partial charge in [0.25, 0.3) is 5.91 Å². The van der Waals surface area contributed by atoms with Crippen LogP contribution in [0.25, 0.3) is 11.3 Å². The number of aromatic amines is 1. The topological polar surface area (TPSA) is 79.7 Å². The predicted octanol–water partition coefficient (Wildman–Crippen LogP) is 3.18. The molecule has 1 amide bonds. The maximum atomic E-state index is 13.2. The van der Waals surface area contributed by atoms with E-state index in [2.05, 4.69) is 51.6 Å². The molecule has 1 saturated carbocycles. The molecule has 1 unspecified atom stereocenters. The molecule has 0 radical (unpaired) electrons. The van der Waals surface area contributed by atoms with Crippen molar-refractivity contribution in [1.82, 2.24) is 29.9 Å². The number of hydrogen-bond donors (Lipinski definition) is 1. The van der Waals surface area contributed by atoms with Crippen LogP contribution in [0.4, 0.5) is 0 Å². The van der Waals surface area contributed by atoms with E-state index in [0.29, 0.717) is 12.2 Å². The van der Waals surface area contributed by atoms with Crippen molar-refractivity contribution in [2.75, 3.05) is 13.1 Å². The maximum absolute atomic E-state index is 13.2. The van der Waals surface area contributed by atoms with Crippen LogP contribution in [0.15, 0.2) is 36.7 Å². The Kier molecular flexibility index (Phi) is 4.26. The van der Waals surface area contributed by atoms with Gasteiger partial charge in [0, 0.05) is 31.6 Å². The van der Waals surface area contributed by atoms with Gasteiger partial charge in [-0.05, 0) is 36.3 Å². The van der Waals surface area contributed by atoms with Crippen LogP contribution in [0.2, 0.25) is 0 Å². The van der Waals surface area contributed by atoms with Crippen molar-refractivity contribution in [1.29, 1.82) is 0 Å². The molecule has 2 fully saturated rings. The highest BCUT2D eigenvalue weighted by Crippen LogP contribution is 2.55. The first-order chi connectivity index (χ1) is 14.1. The van der Waals surface area contributed by atoms with E-state index in [1.54, 1.807) is 6.33 Å². The Morgan fingerprint density at radius 2 is 2.07 bits per heavy atom. The molecule has 1 saturated heterocycles. The summed E-state index contributed by atoms with van der Waals surface area (Å²) in [5.74, 6) is 1.25. The molecule has 3 heterocycles. The molecule has 2 aliphatic rings. The number of rotatable bonds is 4. The van der Waals surface area contributed by atoms with Crippen molar-refractivity contribution in [3.05, 3.63) is 53.7 Å². The van der Waals surface area contributed by atoms with Crippen LogP contribution in [0.1, 0.15) is 54.0 Å². The highest BCUT2D eigenvalue weighted by molar-refractivity contribution is 5.93. The highest BCUT2D eigenvalue weighted by atomic mass is 16.2. The summed E-state index contributed by atoms with van der Waals surface area (Å²) in [6.45, 7) is 3.60. The van der Waals surface area contributed by atoms with Crippen LogP contribution in [0.3, 0.4) is 0 Å². The van der Waals surface area contributed by atoms with Crippen LogP contribution in [-0.2, 0) is 13.5 Å². The Morgan fingerprint density at radius 3 is 2.69 bits per heavy atom. The zero-order valence-corrected chi connectivity index (χ0v) is 16.9. The molecule has 3 aromatic rings. The number of nitrogens with one attached hydrogen (secondary N) is 1. The van der Waals surface area contributed by atoms with Gasteiger partial charge in [-0.25, -0.2) is 0 Å². The Balaban J connectivity index is 1.37. The Hall–Kier alpha value is -2.96. The average molecular weight is 390 g/mol. The number of likely N-dealkylation sites (tertiary alicyclic amines) is 1. The summed E-state index contributed by atoms with van der Waals surface area (Å²) in [5.41, 5.74) is 3.81. The summed E-state index contributed by atoms with van der Waals surface area (Å²) in [6.07, 6.45) is 6.27. The van der Waals surface area contributed by atoms with E-state index in [1.165, 1.54) is 12.0 Å². The fourth-order valence-corrected chi connectivity index (χ4v) is 4.88. The van der Waals surface area contributed by atoms with E-state index in [-0.39, 0.29) is 17.2 Å². The van der Waals surface area contributed by atoms with Crippen molar-refractivity contribution < 1.29 is 4.79 Å². The third kappa shape index (κ3) is 2.96. The fourth-order valence-electron chi connectivity index (χ4n) is 4.88. The van der Waals surface area contributed by atoms with E-state index in [1.807, 2.05) is 22.6 Å². The van der Waals surface area contributed by atoms with E-state index >= 15 is 0 Å². The lowest BCUT2D eigenvalue weighted by Crippen LogP contribution is -2.38. The summed E-state index contributed by atoms with van der Waals surface area (Å²) >= 11 is 0. The molecule has 7 heteroatoms. The normalized spacial score (nSPS) is 20.2. The number of aryl methyl sites for hydroxylation is 2. The average Bonchev–Trinajstić information content (AvgIpc) is 3.44. The molecule has 7 nitrogen and oxygen atoms in total. The van der Waals surface area contributed by atoms with E-state index < -0.39 is 0 Å². The molecular formula is C22H26N6O. The Morgan fingerprint density at radius 1 is 1.28 bits per heavy atom. The van der Waals surface area contributed by atoms with Gasteiger partial charge < -0.3 is 9.47 Å². The third-order valence-electron chi connectivity index (χ3n) is 6.81. The molecular weight excluding hydrogens is 364 g/mol. The predicted molar refractivity (Wildman–Crippen MR) is 109 cm³/mol. The first-order valence-electron chi connectivity index (χ1n) is 10.4. The lowest BCUT2D eigenvalue weighted by Gasteiger charge is -2.42. The molecule has 1 aromatic carbocycles. The number of H-pyrrole nitrogens is 1. The molecule has 29 heavy (non-hydrogen) atoms. The number of amides is 1. The lowest BCUT2D eigenvalue weighted by atomic mass is 9.62. The first kappa shape index (κ1) is 18.1. The van der Waals surface area contributed by atoms with E-state index in [0.717, 1.165) is 42.9 Å². The van der Waals surface area contributed by atoms with Gasteiger partial charge in [0.05, 0.1) is 5.69 Å². The van der Waals surface area contributed by atoms with Crippen LogP contribution in [-0.4, -0.2) is 48.9 Å². The van der Waals surface area contributed by atoms with Gasteiger partial charge in [-0.1, -0.05) is 37.6 Å². The number of nitrogens with zero attached hydrogens (tertiary/aromatic N) is 5. The van der Waals surface area contributed by atoms with Crippen molar-refractivity contribution in [3.8, 4) is 11.3 Å². The molecule has 1 aliphatic carbocycles. The molecule has 2 aromatic heterocycles. The Bertz CT molecular complexity index is 1030. The van der Waals surface area contributed by atoms with Crippen molar-refractivity contribution in [2.45, 2.75) is 38.5 Å². The largest absolute Gasteiger partial charge is 0.336 e. The summed E-state index contributed by atoms with van der Waals surface area (Å²) < 4.78 is 1.99. The van der Waals surface area contributed by atoms with Gasteiger partial charge in [-0.15, -0.1) is 10.2 Å². The van der Waals surface area contributed by atoms with Crippen molar-refractivity contribution in [2.24, 2.45) is 12.5 Å². The zero-order valence-electron chi connectivity index (χ0n) is 16.9. The quantitative estimate of drug-likeness (QED) is 0.742. The Labute approximate surface area is 170 Å². The van der Waals surface area contributed by atoms with Gasteiger partial charge in [0.1, 0.15) is 17.8 Å².